The maximum Gasteiger partial charge on any atom is 0.243 e. The van der Waals surface area contributed by atoms with E-state index in [1.54, 1.807) is 18.2 Å². The molecule has 0 aliphatic rings. The van der Waals surface area contributed by atoms with Gasteiger partial charge in [-0.1, -0.05) is 40.9 Å². The summed E-state index contributed by atoms with van der Waals surface area (Å²) in [5, 5.41) is 6.10. The van der Waals surface area contributed by atoms with E-state index in [1.807, 2.05) is 0 Å². The van der Waals surface area contributed by atoms with Crippen LogP contribution in [0.5, 0.6) is 0 Å². The van der Waals surface area contributed by atoms with Crippen LogP contribution >= 0.6 is 34.8 Å². The Morgan fingerprint density at radius 3 is 2.33 bits per heavy atom. The van der Waals surface area contributed by atoms with Crippen LogP contribution in [0.15, 0.2) is 36.4 Å². The van der Waals surface area contributed by atoms with Crippen LogP contribution in [0, 0.1) is 5.82 Å². The third-order valence-electron chi connectivity index (χ3n) is 2.60. The van der Waals surface area contributed by atoms with Gasteiger partial charge < -0.3 is 10.6 Å². The Morgan fingerprint density at radius 2 is 1.71 bits per heavy atom. The minimum atomic E-state index is -0.519. The average molecular weight is 348 g/mol. The van der Waals surface area contributed by atoms with E-state index in [2.05, 4.69) is 10.6 Å². The van der Waals surface area contributed by atoms with Crippen LogP contribution in [0.1, 0.15) is 0 Å². The van der Waals surface area contributed by atoms with E-state index in [-0.39, 0.29) is 17.5 Å². The van der Waals surface area contributed by atoms with E-state index in [0.29, 0.717) is 21.4 Å². The summed E-state index contributed by atoms with van der Waals surface area (Å²) >= 11 is 17.6. The van der Waals surface area contributed by atoms with Gasteiger partial charge in [-0.15, -0.1) is 0 Å². The molecule has 0 spiro atoms. The Kier molecular flexibility index (Phi) is 5.28. The monoisotopic (exact) mass is 346 g/mol. The zero-order valence-corrected chi connectivity index (χ0v) is 12.9. The molecule has 0 aliphatic heterocycles. The average Bonchev–Trinajstić information content (AvgIpc) is 2.44. The highest BCUT2D eigenvalue weighted by molar-refractivity contribution is 6.39. The van der Waals surface area contributed by atoms with Crippen molar-refractivity contribution in [1.82, 2.24) is 0 Å². The standard InChI is InChI=1S/C14H10Cl3FN2O/c15-9-2-1-3-10(16)14(9)20-13(21)7-19-8-4-5-12(18)11(17)6-8/h1-6,19H,7H2,(H,20,21). The van der Waals surface area contributed by atoms with E-state index in [9.17, 15) is 9.18 Å². The highest BCUT2D eigenvalue weighted by atomic mass is 35.5. The number of benzene rings is 2. The molecule has 0 saturated carbocycles. The number of nitrogens with one attached hydrogen (secondary N) is 2. The van der Waals surface area contributed by atoms with Gasteiger partial charge in [-0.25, -0.2) is 4.39 Å². The molecule has 21 heavy (non-hydrogen) atoms. The summed E-state index contributed by atoms with van der Waals surface area (Å²) in [7, 11) is 0. The number of carbonyl (C=O) groups excluding carboxylic acids is 1. The normalized spacial score (nSPS) is 10.3. The van der Waals surface area contributed by atoms with Gasteiger partial charge in [0.05, 0.1) is 27.3 Å². The summed E-state index contributed by atoms with van der Waals surface area (Å²) in [5.41, 5.74) is 0.881. The molecule has 110 valence electrons. The molecular formula is C14H10Cl3FN2O. The molecule has 2 aromatic carbocycles. The molecule has 2 rings (SSSR count). The van der Waals surface area contributed by atoms with E-state index in [0.717, 1.165) is 0 Å². The number of para-hydroxylation sites is 1. The molecule has 0 radical (unpaired) electrons. The first kappa shape index (κ1) is 15.9. The van der Waals surface area contributed by atoms with Crippen LogP contribution in [0.2, 0.25) is 15.1 Å². The molecule has 2 N–H and O–H groups in total. The summed E-state index contributed by atoms with van der Waals surface area (Å²) in [6, 6.07) is 9.02. The molecule has 2 aromatic rings. The van der Waals surface area contributed by atoms with Crippen molar-refractivity contribution < 1.29 is 9.18 Å². The zero-order valence-electron chi connectivity index (χ0n) is 10.6. The quantitative estimate of drug-likeness (QED) is 0.831. The fourth-order valence-corrected chi connectivity index (χ4v) is 2.26. The molecule has 0 aliphatic carbocycles. The zero-order chi connectivity index (χ0) is 15.4. The second-order valence-electron chi connectivity index (χ2n) is 4.13. The van der Waals surface area contributed by atoms with Crippen molar-refractivity contribution in [2.45, 2.75) is 0 Å². The third kappa shape index (κ3) is 4.24. The van der Waals surface area contributed by atoms with Crippen LogP contribution in [-0.2, 0) is 4.79 Å². The smallest absolute Gasteiger partial charge is 0.243 e. The van der Waals surface area contributed by atoms with Crippen LogP contribution in [-0.4, -0.2) is 12.5 Å². The van der Waals surface area contributed by atoms with Crippen molar-refractivity contribution >= 4 is 52.1 Å². The molecule has 0 aromatic heterocycles. The lowest BCUT2D eigenvalue weighted by Gasteiger charge is -2.10. The third-order valence-corrected chi connectivity index (χ3v) is 3.52. The first-order valence-corrected chi connectivity index (χ1v) is 7.03. The SMILES string of the molecule is O=C(CNc1ccc(F)c(Cl)c1)Nc1c(Cl)cccc1Cl. The highest BCUT2D eigenvalue weighted by Crippen LogP contribution is 2.29. The van der Waals surface area contributed by atoms with Gasteiger partial charge in [0.15, 0.2) is 0 Å². The van der Waals surface area contributed by atoms with Crippen molar-refractivity contribution in [3.05, 3.63) is 57.3 Å². The van der Waals surface area contributed by atoms with Crippen molar-refractivity contribution in [3.8, 4) is 0 Å². The fraction of sp³-hybridized carbons (Fsp3) is 0.0714. The van der Waals surface area contributed by atoms with E-state index in [4.69, 9.17) is 34.8 Å². The van der Waals surface area contributed by atoms with Crippen molar-refractivity contribution in [3.63, 3.8) is 0 Å². The molecule has 0 saturated heterocycles. The number of rotatable bonds is 4. The Balaban J connectivity index is 1.97. The van der Waals surface area contributed by atoms with Gasteiger partial charge in [0.25, 0.3) is 0 Å². The second-order valence-corrected chi connectivity index (χ2v) is 5.35. The lowest BCUT2D eigenvalue weighted by atomic mass is 10.3. The summed E-state index contributed by atoms with van der Waals surface area (Å²) in [6.45, 7) is -0.0382. The van der Waals surface area contributed by atoms with Gasteiger partial charge in [0.1, 0.15) is 5.82 Å². The predicted octanol–water partition coefficient (Wildman–Crippen LogP) is 4.84. The van der Waals surface area contributed by atoms with Crippen molar-refractivity contribution in [1.29, 1.82) is 0 Å². The number of hydrogen-bond acceptors (Lipinski definition) is 2. The van der Waals surface area contributed by atoms with Gasteiger partial charge in [0, 0.05) is 5.69 Å². The van der Waals surface area contributed by atoms with Crippen LogP contribution in [0.25, 0.3) is 0 Å². The molecule has 1 amide bonds. The maximum absolute atomic E-state index is 13.0. The number of amides is 1. The van der Waals surface area contributed by atoms with Crippen molar-refractivity contribution in [2.24, 2.45) is 0 Å². The Hall–Kier alpha value is -1.49. The number of hydrogen-bond donors (Lipinski definition) is 2. The molecule has 0 unspecified atom stereocenters. The summed E-state index contributed by atoms with van der Waals surface area (Å²) in [4.78, 5) is 11.8. The highest BCUT2D eigenvalue weighted by Gasteiger charge is 2.09. The Bertz CT molecular complexity index is 659. The molecule has 0 heterocycles. The van der Waals surface area contributed by atoms with E-state index in [1.165, 1.54) is 18.2 Å². The fourth-order valence-electron chi connectivity index (χ4n) is 1.59. The molecule has 0 fully saturated rings. The topological polar surface area (TPSA) is 41.1 Å². The second kappa shape index (κ2) is 6.98. The lowest BCUT2D eigenvalue weighted by molar-refractivity contribution is -0.114. The largest absolute Gasteiger partial charge is 0.376 e. The summed E-state index contributed by atoms with van der Waals surface area (Å²) in [5.74, 6) is -0.861. The minimum Gasteiger partial charge on any atom is -0.376 e. The first-order valence-electron chi connectivity index (χ1n) is 5.90. The maximum atomic E-state index is 13.0. The number of anilines is 2. The van der Waals surface area contributed by atoms with Crippen LogP contribution in [0.3, 0.4) is 0 Å². The summed E-state index contributed by atoms with van der Waals surface area (Å²) < 4.78 is 13.0. The lowest BCUT2D eigenvalue weighted by Crippen LogP contribution is -2.22. The molecule has 3 nitrogen and oxygen atoms in total. The molecule has 0 bridgehead atoms. The summed E-state index contributed by atoms with van der Waals surface area (Å²) in [6.07, 6.45) is 0. The van der Waals surface area contributed by atoms with Gasteiger partial charge >= 0.3 is 0 Å². The minimum absolute atomic E-state index is 0.0189. The van der Waals surface area contributed by atoms with Gasteiger partial charge in [-0.3, -0.25) is 4.79 Å². The van der Waals surface area contributed by atoms with Crippen LogP contribution < -0.4 is 10.6 Å². The van der Waals surface area contributed by atoms with Gasteiger partial charge in [0.2, 0.25) is 5.91 Å². The van der Waals surface area contributed by atoms with Gasteiger partial charge in [-0.05, 0) is 30.3 Å². The molecular weight excluding hydrogens is 338 g/mol. The van der Waals surface area contributed by atoms with Gasteiger partial charge in [-0.2, -0.15) is 0 Å². The predicted molar refractivity (Wildman–Crippen MR) is 85.0 cm³/mol. The van der Waals surface area contributed by atoms with E-state index < -0.39 is 5.82 Å². The molecule has 0 atom stereocenters. The van der Waals surface area contributed by atoms with Crippen molar-refractivity contribution in [2.75, 3.05) is 17.2 Å². The number of halogens is 4. The Morgan fingerprint density at radius 1 is 1.05 bits per heavy atom. The first-order chi connectivity index (χ1) is 9.97. The van der Waals surface area contributed by atoms with E-state index >= 15 is 0 Å². The number of carbonyl (C=O) groups is 1. The van der Waals surface area contributed by atoms with Crippen LogP contribution in [0.4, 0.5) is 15.8 Å². The Labute approximate surface area is 136 Å². The molecule has 7 heteroatoms.